The number of amides is 1. The van der Waals surface area contributed by atoms with Crippen LogP contribution in [0.1, 0.15) is 52.9 Å². The summed E-state index contributed by atoms with van der Waals surface area (Å²) in [6, 6.07) is 0. The number of H-pyrrole nitrogens is 1. The summed E-state index contributed by atoms with van der Waals surface area (Å²) in [5.74, 6) is 0.0926. The summed E-state index contributed by atoms with van der Waals surface area (Å²) in [4.78, 5) is 27.6. The molecule has 130 valence electrons. The number of carbonyl (C=O) groups excluding carboxylic acids is 2. The number of carbonyl (C=O) groups is 2. The third-order valence-electron chi connectivity index (χ3n) is 3.11. The van der Waals surface area contributed by atoms with E-state index in [0.29, 0.717) is 27.6 Å². The van der Waals surface area contributed by atoms with Gasteiger partial charge in [-0.3, -0.25) is 10.1 Å². The van der Waals surface area contributed by atoms with Crippen LogP contribution in [0.2, 0.25) is 0 Å². The number of aromatic nitrogens is 3. The highest BCUT2D eigenvalue weighted by Crippen LogP contribution is 2.26. The second-order valence-electron chi connectivity index (χ2n) is 5.34. The van der Waals surface area contributed by atoms with E-state index in [2.05, 4.69) is 20.5 Å². The summed E-state index contributed by atoms with van der Waals surface area (Å²) in [7, 11) is 0. The number of aromatic amines is 1. The predicted molar refractivity (Wildman–Crippen MR) is 95.1 cm³/mol. The van der Waals surface area contributed by atoms with Gasteiger partial charge in [0.15, 0.2) is 4.34 Å². The molecule has 2 aromatic heterocycles. The van der Waals surface area contributed by atoms with Crippen LogP contribution in [0, 0.1) is 13.8 Å². The molecule has 0 fully saturated rings. The molecule has 0 atom stereocenters. The van der Waals surface area contributed by atoms with Crippen molar-refractivity contribution in [2.75, 3.05) is 11.1 Å². The Morgan fingerprint density at radius 1 is 1.33 bits per heavy atom. The van der Waals surface area contributed by atoms with Gasteiger partial charge >= 0.3 is 5.97 Å². The molecule has 2 N–H and O–H groups in total. The number of anilines is 1. The number of thioether (sulfide) groups is 1. The first kappa shape index (κ1) is 18.5. The van der Waals surface area contributed by atoms with E-state index in [9.17, 15) is 9.59 Å². The van der Waals surface area contributed by atoms with Crippen molar-refractivity contribution in [2.45, 2.75) is 45.1 Å². The van der Waals surface area contributed by atoms with Crippen molar-refractivity contribution in [3.63, 3.8) is 0 Å². The molecule has 0 unspecified atom stereocenters. The van der Waals surface area contributed by atoms with Crippen molar-refractivity contribution in [1.82, 2.24) is 15.2 Å². The van der Waals surface area contributed by atoms with E-state index in [4.69, 9.17) is 4.74 Å². The molecule has 1 amide bonds. The maximum absolute atomic E-state index is 12.5. The van der Waals surface area contributed by atoms with Gasteiger partial charge in [-0.15, -0.1) is 10.2 Å². The minimum absolute atomic E-state index is 0.223. The molecule has 0 spiro atoms. The highest BCUT2D eigenvalue weighted by atomic mass is 32.2. The molecule has 0 saturated carbocycles. The maximum atomic E-state index is 12.5. The lowest BCUT2D eigenvalue weighted by Crippen LogP contribution is -2.15. The standard InChI is InChI=1S/C15H20N4O3S2/c1-6-23-15-19-18-14(24-15)17-12(20)11-8(4)10(9(5)16-11)13(21)22-7(2)3/h7,16H,6H2,1-5H3,(H,17,18,20). The summed E-state index contributed by atoms with van der Waals surface area (Å²) < 4.78 is 6.03. The lowest BCUT2D eigenvalue weighted by atomic mass is 10.1. The van der Waals surface area contributed by atoms with Gasteiger partial charge in [0.05, 0.1) is 11.7 Å². The Morgan fingerprint density at radius 3 is 2.67 bits per heavy atom. The highest BCUT2D eigenvalue weighted by Gasteiger charge is 2.24. The SMILES string of the molecule is CCSc1nnc(NC(=O)c2[nH]c(C)c(C(=O)OC(C)C)c2C)s1. The molecule has 2 aromatic rings. The molecular formula is C15H20N4O3S2. The van der Waals surface area contributed by atoms with Gasteiger partial charge in [0.1, 0.15) is 5.69 Å². The zero-order valence-electron chi connectivity index (χ0n) is 14.2. The fourth-order valence-electron chi connectivity index (χ4n) is 2.16. The van der Waals surface area contributed by atoms with Crippen molar-refractivity contribution >= 4 is 40.1 Å². The third kappa shape index (κ3) is 4.15. The lowest BCUT2D eigenvalue weighted by Gasteiger charge is -2.08. The molecule has 0 bridgehead atoms. The van der Waals surface area contributed by atoms with Crippen LogP contribution in [0.15, 0.2) is 4.34 Å². The zero-order valence-corrected chi connectivity index (χ0v) is 15.9. The van der Waals surface area contributed by atoms with Crippen LogP contribution in [-0.2, 0) is 4.74 Å². The first-order valence-corrected chi connectivity index (χ1v) is 9.31. The van der Waals surface area contributed by atoms with E-state index >= 15 is 0 Å². The number of esters is 1. The summed E-state index contributed by atoms with van der Waals surface area (Å²) in [6.07, 6.45) is -0.223. The van der Waals surface area contributed by atoms with Crippen molar-refractivity contribution in [1.29, 1.82) is 0 Å². The zero-order chi connectivity index (χ0) is 17.9. The van der Waals surface area contributed by atoms with Crippen LogP contribution >= 0.6 is 23.1 Å². The van der Waals surface area contributed by atoms with E-state index in [1.807, 2.05) is 6.92 Å². The van der Waals surface area contributed by atoms with Gasteiger partial charge < -0.3 is 9.72 Å². The van der Waals surface area contributed by atoms with Gasteiger partial charge in [0, 0.05) is 5.69 Å². The highest BCUT2D eigenvalue weighted by molar-refractivity contribution is 8.01. The van der Waals surface area contributed by atoms with Crippen LogP contribution in [0.5, 0.6) is 0 Å². The van der Waals surface area contributed by atoms with E-state index < -0.39 is 5.97 Å². The molecule has 24 heavy (non-hydrogen) atoms. The van der Waals surface area contributed by atoms with Crippen LogP contribution in [0.4, 0.5) is 5.13 Å². The van der Waals surface area contributed by atoms with Gasteiger partial charge in [0.2, 0.25) is 5.13 Å². The summed E-state index contributed by atoms with van der Waals surface area (Å²) in [5.41, 5.74) is 1.88. The molecule has 0 aliphatic rings. The number of rotatable bonds is 6. The van der Waals surface area contributed by atoms with Crippen LogP contribution in [-0.4, -0.2) is 38.9 Å². The lowest BCUT2D eigenvalue weighted by molar-refractivity contribution is 0.0376. The van der Waals surface area contributed by atoms with E-state index in [1.165, 1.54) is 11.3 Å². The molecule has 0 aromatic carbocycles. The monoisotopic (exact) mass is 368 g/mol. The topological polar surface area (TPSA) is 97.0 Å². The molecule has 0 saturated heterocycles. The quantitative estimate of drug-likeness (QED) is 0.461. The Bertz CT molecular complexity index is 752. The number of nitrogens with one attached hydrogen (secondary N) is 2. The minimum atomic E-state index is -0.437. The molecule has 0 aliphatic heterocycles. The van der Waals surface area contributed by atoms with Gasteiger partial charge in [-0.2, -0.15) is 0 Å². The fourth-order valence-corrected chi connectivity index (χ4v) is 3.80. The van der Waals surface area contributed by atoms with E-state index in [1.54, 1.807) is 39.5 Å². The number of hydrogen-bond acceptors (Lipinski definition) is 7. The minimum Gasteiger partial charge on any atom is -0.459 e. The van der Waals surface area contributed by atoms with E-state index in [-0.39, 0.29) is 12.0 Å². The second kappa shape index (κ2) is 7.80. The Balaban J connectivity index is 2.19. The van der Waals surface area contributed by atoms with Crippen molar-refractivity contribution in [2.24, 2.45) is 0 Å². The number of aryl methyl sites for hydroxylation is 1. The molecule has 2 rings (SSSR count). The molecule has 0 radical (unpaired) electrons. The Labute approximate surface area is 148 Å². The van der Waals surface area contributed by atoms with Gasteiger partial charge in [-0.25, -0.2) is 4.79 Å². The van der Waals surface area contributed by atoms with Crippen LogP contribution in [0.3, 0.4) is 0 Å². The fraction of sp³-hybridized carbons (Fsp3) is 0.467. The van der Waals surface area contributed by atoms with Gasteiger partial charge in [0.25, 0.3) is 5.91 Å². The molecular weight excluding hydrogens is 348 g/mol. The molecule has 9 heteroatoms. The molecule has 0 aliphatic carbocycles. The summed E-state index contributed by atoms with van der Waals surface area (Å²) in [6.45, 7) is 9.04. The predicted octanol–water partition coefficient (Wildman–Crippen LogP) is 3.41. The maximum Gasteiger partial charge on any atom is 0.340 e. The first-order valence-electron chi connectivity index (χ1n) is 7.51. The second-order valence-corrected chi connectivity index (χ2v) is 7.83. The molecule has 2 heterocycles. The largest absolute Gasteiger partial charge is 0.459 e. The summed E-state index contributed by atoms with van der Waals surface area (Å²) in [5, 5.41) is 11.1. The first-order chi connectivity index (χ1) is 11.3. The van der Waals surface area contributed by atoms with Crippen molar-refractivity contribution in [3.8, 4) is 0 Å². The smallest absolute Gasteiger partial charge is 0.340 e. The van der Waals surface area contributed by atoms with Crippen molar-refractivity contribution < 1.29 is 14.3 Å². The number of nitrogens with zero attached hydrogens (tertiary/aromatic N) is 2. The van der Waals surface area contributed by atoms with Crippen molar-refractivity contribution in [3.05, 3.63) is 22.5 Å². The van der Waals surface area contributed by atoms with E-state index in [0.717, 1.165) is 10.1 Å². The average Bonchev–Trinajstić information content (AvgIpc) is 3.03. The Hall–Kier alpha value is -1.87. The summed E-state index contributed by atoms with van der Waals surface area (Å²) >= 11 is 2.88. The van der Waals surface area contributed by atoms with Crippen LogP contribution < -0.4 is 5.32 Å². The molecule has 7 nitrogen and oxygen atoms in total. The van der Waals surface area contributed by atoms with Crippen LogP contribution in [0.25, 0.3) is 0 Å². The number of hydrogen-bond donors (Lipinski definition) is 2. The third-order valence-corrected chi connectivity index (χ3v) is 4.96. The number of ether oxygens (including phenoxy) is 1. The average molecular weight is 368 g/mol. The Kier molecular flexibility index (Phi) is 6.00. The Morgan fingerprint density at radius 2 is 2.04 bits per heavy atom. The normalized spacial score (nSPS) is 10.9. The van der Waals surface area contributed by atoms with Gasteiger partial charge in [-0.05, 0) is 39.0 Å². The van der Waals surface area contributed by atoms with Gasteiger partial charge in [-0.1, -0.05) is 30.0 Å².